The molecule has 0 spiro atoms. The van der Waals surface area contributed by atoms with Crippen LogP contribution in [0.2, 0.25) is 0 Å². The quantitative estimate of drug-likeness (QED) is 0.459. The minimum atomic E-state index is 0.236. The van der Waals surface area contributed by atoms with Gasteiger partial charge in [0, 0.05) is 52.2 Å². The Labute approximate surface area is 154 Å². The number of hydrogen-bond acceptors (Lipinski definition) is 4. The van der Waals surface area contributed by atoms with E-state index in [1.807, 2.05) is 7.05 Å². The van der Waals surface area contributed by atoms with Crippen molar-refractivity contribution in [1.82, 2.24) is 15.5 Å². The third-order valence-electron chi connectivity index (χ3n) is 5.02. The Bertz CT molecular complexity index is 562. The Balaban J connectivity index is 1.32. The average Bonchev–Trinajstić information content (AvgIpc) is 3.11. The number of carbonyl (C=O) groups excluding carboxylic acids is 1. The molecular formula is C18H29N5OS. The van der Waals surface area contributed by atoms with Crippen LogP contribution < -0.4 is 15.5 Å². The minimum absolute atomic E-state index is 0.236. The molecule has 1 aromatic rings. The molecule has 1 aliphatic carbocycles. The maximum atomic E-state index is 11.8. The average molecular weight is 364 g/mol. The van der Waals surface area contributed by atoms with E-state index in [4.69, 9.17) is 0 Å². The summed E-state index contributed by atoms with van der Waals surface area (Å²) in [4.78, 5) is 20.9. The van der Waals surface area contributed by atoms with Gasteiger partial charge in [-0.05, 0) is 36.8 Å². The van der Waals surface area contributed by atoms with Gasteiger partial charge < -0.3 is 20.4 Å². The summed E-state index contributed by atoms with van der Waals surface area (Å²) in [5.41, 5.74) is 0. The number of piperazine rings is 1. The van der Waals surface area contributed by atoms with Gasteiger partial charge in [0.15, 0.2) is 5.96 Å². The zero-order valence-corrected chi connectivity index (χ0v) is 15.9. The number of guanidine groups is 1. The van der Waals surface area contributed by atoms with Crippen molar-refractivity contribution in [2.75, 3.05) is 51.2 Å². The maximum absolute atomic E-state index is 11.8. The van der Waals surface area contributed by atoms with Crippen molar-refractivity contribution >= 4 is 28.2 Å². The van der Waals surface area contributed by atoms with Crippen LogP contribution in [0.4, 0.5) is 5.00 Å². The molecule has 2 heterocycles. The highest BCUT2D eigenvalue weighted by molar-refractivity contribution is 7.14. The molecular weight excluding hydrogens is 334 g/mol. The second-order valence-electron chi connectivity index (χ2n) is 6.67. The SMILES string of the molecule is CN=C(NCCCNC(=O)C1CCC1)N1CCN(c2cccs2)CC1. The summed E-state index contributed by atoms with van der Waals surface area (Å²) in [5, 5.41) is 9.95. The molecule has 0 bridgehead atoms. The van der Waals surface area contributed by atoms with Gasteiger partial charge in [-0.25, -0.2) is 0 Å². The highest BCUT2D eigenvalue weighted by Crippen LogP contribution is 2.26. The zero-order valence-electron chi connectivity index (χ0n) is 15.0. The van der Waals surface area contributed by atoms with E-state index in [0.29, 0.717) is 0 Å². The summed E-state index contributed by atoms with van der Waals surface area (Å²) in [5.74, 6) is 1.48. The number of aliphatic imine (C=N–C) groups is 1. The molecule has 25 heavy (non-hydrogen) atoms. The summed E-state index contributed by atoms with van der Waals surface area (Å²) in [6.45, 7) is 5.59. The Morgan fingerprint density at radius 1 is 1.24 bits per heavy atom. The third kappa shape index (κ3) is 4.87. The number of hydrogen-bond donors (Lipinski definition) is 2. The van der Waals surface area contributed by atoms with Crippen LogP contribution in [0.3, 0.4) is 0 Å². The molecule has 138 valence electrons. The number of thiophene rings is 1. The Morgan fingerprint density at radius 3 is 2.60 bits per heavy atom. The number of nitrogens with one attached hydrogen (secondary N) is 2. The van der Waals surface area contributed by atoms with Gasteiger partial charge in [0.2, 0.25) is 5.91 Å². The zero-order chi connectivity index (χ0) is 17.5. The second kappa shape index (κ2) is 9.08. The molecule has 0 unspecified atom stereocenters. The van der Waals surface area contributed by atoms with Gasteiger partial charge in [0.1, 0.15) is 0 Å². The predicted octanol–water partition coefficient (Wildman–Crippen LogP) is 1.75. The van der Waals surface area contributed by atoms with Crippen LogP contribution in [0.15, 0.2) is 22.5 Å². The van der Waals surface area contributed by atoms with E-state index in [1.54, 1.807) is 11.3 Å². The number of nitrogens with zero attached hydrogens (tertiary/aromatic N) is 3. The molecule has 7 heteroatoms. The van der Waals surface area contributed by atoms with Gasteiger partial charge in [0.05, 0.1) is 5.00 Å². The number of carbonyl (C=O) groups is 1. The number of rotatable bonds is 6. The van der Waals surface area contributed by atoms with Crippen LogP contribution in [0, 0.1) is 5.92 Å². The molecule has 6 nitrogen and oxygen atoms in total. The smallest absolute Gasteiger partial charge is 0.223 e. The molecule has 0 aromatic carbocycles. The first-order valence-corrected chi connectivity index (χ1v) is 10.2. The Hall–Kier alpha value is -1.76. The van der Waals surface area contributed by atoms with E-state index in [2.05, 4.69) is 42.9 Å². The summed E-state index contributed by atoms with van der Waals surface area (Å²) < 4.78 is 0. The van der Waals surface area contributed by atoms with Crippen molar-refractivity contribution in [2.45, 2.75) is 25.7 Å². The fourth-order valence-electron chi connectivity index (χ4n) is 3.24. The van der Waals surface area contributed by atoms with Gasteiger partial charge in [-0.2, -0.15) is 0 Å². The first kappa shape index (κ1) is 18.0. The van der Waals surface area contributed by atoms with Gasteiger partial charge in [-0.3, -0.25) is 9.79 Å². The van der Waals surface area contributed by atoms with Crippen LogP contribution in [-0.2, 0) is 4.79 Å². The van der Waals surface area contributed by atoms with Crippen LogP contribution in [0.25, 0.3) is 0 Å². The van der Waals surface area contributed by atoms with E-state index in [-0.39, 0.29) is 11.8 Å². The van der Waals surface area contributed by atoms with Crippen LogP contribution in [-0.4, -0.2) is 63.1 Å². The Kier molecular flexibility index (Phi) is 6.55. The molecule has 2 aliphatic rings. The fraction of sp³-hybridized carbons (Fsp3) is 0.667. The maximum Gasteiger partial charge on any atom is 0.223 e. The van der Waals surface area contributed by atoms with Crippen molar-refractivity contribution in [3.05, 3.63) is 17.5 Å². The molecule has 1 saturated heterocycles. The van der Waals surface area contributed by atoms with Crippen molar-refractivity contribution in [3.63, 3.8) is 0 Å². The van der Waals surface area contributed by atoms with E-state index < -0.39 is 0 Å². The van der Waals surface area contributed by atoms with Crippen LogP contribution in [0.5, 0.6) is 0 Å². The molecule has 1 aromatic heterocycles. The summed E-state index contributed by atoms with van der Waals surface area (Å²) >= 11 is 1.80. The van der Waals surface area contributed by atoms with Gasteiger partial charge in [0.25, 0.3) is 0 Å². The molecule has 2 N–H and O–H groups in total. The van der Waals surface area contributed by atoms with Crippen molar-refractivity contribution < 1.29 is 4.79 Å². The van der Waals surface area contributed by atoms with E-state index in [0.717, 1.165) is 64.5 Å². The van der Waals surface area contributed by atoms with Crippen LogP contribution in [0.1, 0.15) is 25.7 Å². The van der Waals surface area contributed by atoms with Gasteiger partial charge in [-0.1, -0.05) is 6.42 Å². The lowest BCUT2D eigenvalue weighted by atomic mass is 9.85. The largest absolute Gasteiger partial charge is 0.360 e. The lowest BCUT2D eigenvalue weighted by Gasteiger charge is -2.37. The fourth-order valence-corrected chi connectivity index (χ4v) is 4.02. The molecule has 0 atom stereocenters. The van der Waals surface area contributed by atoms with Crippen molar-refractivity contribution in [2.24, 2.45) is 10.9 Å². The third-order valence-corrected chi connectivity index (χ3v) is 5.95. The predicted molar refractivity (Wildman–Crippen MR) is 104 cm³/mol. The van der Waals surface area contributed by atoms with Gasteiger partial charge >= 0.3 is 0 Å². The highest BCUT2D eigenvalue weighted by atomic mass is 32.1. The molecule has 0 radical (unpaired) electrons. The van der Waals surface area contributed by atoms with E-state index in [1.165, 1.54) is 11.4 Å². The minimum Gasteiger partial charge on any atom is -0.360 e. The van der Waals surface area contributed by atoms with Crippen LogP contribution >= 0.6 is 11.3 Å². The topological polar surface area (TPSA) is 60.0 Å². The van der Waals surface area contributed by atoms with Crippen molar-refractivity contribution in [1.29, 1.82) is 0 Å². The first-order valence-electron chi connectivity index (χ1n) is 9.29. The first-order chi connectivity index (χ1) is 12.3. The lowest BCUT2D eigenvalue weighted by Crippen LogP contribution is -2.52. The molecule has 1 amide bonds. The summed E-state index contributed by atoms with van der Waals surface area (Å²) in [7, 11) is 1.84. The second-order valence-corrected chi connectivity index (χ2v) is 7.60. The Morgan fingerprint density at radius 2 is 2.00 bits per heavy atom. The summed E-state index contributed by atoms with van der Waals surface area (Å²) in [6, 6.07) is 4.29. The molecule has 3 rings (SSSR count). The molecule has 2 fully saturated rings. The lowest BCUT2D eigenvalue weighted by molar-refractivity contribution is -0.127. The van der Waals surface area contributed by atoms with Gasteiger partial charge in [-0.15, -0.1) is 11.3 Å². The number of amides is 1. The number of anilines is 1. The van der Waals surface area contributed by atoms with Crippen molar-refractivity contribution in [3.8, 4) is 0 Å². The normalized spacial score (nSPS) is 18.8. The molecule has 1 saturated carbocycles. The van der Waals surface area contributed by atoms with E-state index >= 15 is 0 Å². The summed E-state index contributed by atoms with van der Waals surface area (Å²) in [6.07, 6.45) is 4.25. The standard InChI is InChI=1S/C18H29N5OS/c1-19-18(21-9-4-8-20-17(24)15-5-2-6-15)23-12-10-22(11-13-23)16-7-3-14-25-16/h3,7,14-15H,2,4-6,8-13H2,1H3,(H,19,21)(H,20,24). The molecule has 1 aliphatic heterocycles. The highest BCUT2D eigenvalue weighted by Gasteiger charge is 2.24. The monoisotopic (exact) mass is 363 g/mol. The van der Waals surface area contributed by atoms with E-state index in [9.17, 15) is 4.79 Å².